The van der Waals surface area contributed by atoms with Gasteiger partial charge in [-0.15, -0.1) is 5.10 Å². The molecule has 30 heavy (non-hydrogen) atoms. The van der Waals surface area contributed by atoms with Gasteiger partial charge in [0.1, 0.15) is 6.61 Å². The highest BCUT2D eigenvalue weighted by Gasteiger charge is 2.18. The van der Waals surface area contributed by atoms with Crippen molar-refractivity contribution in [2.45, 2.75) is 32.1 Å². The van der Waals surface area contributed by atoms with Crippen molar-refractivity contribution in [3.05, 3.63) is 57.1 Å². The maximum Gasteiger partial charge on any atom is 0.267 e. The van der Waals surface area contributed by atoms with Gasteiger partial charge in [-0.05, 0) is 31.0 Å². The molecule has 154 valence electrons. The van der Waals surface area contributed by atoms with Gasteiger partial charge in [0.15, 0.2) is 5.82 Å². The molecule has 1 aliphatic heterocycles. The highest BCUT2D eigenvalue weighted by atomic mass is 16.5. The smallest absolute Gasteiger partial charge is 0.267 e. The van der Waals surface area contributed by atoms with Gasteiger partial charge in [0, 0.05) is 26.1 Å². The summed E-state index contributed by atoms with van der Waals surface area (Å²) in [6.45, 7) is 1.48. The van der Waals surface area contributed by atoms with Crippen molar-refractivity contribution in [3.63, 3.8) is 0 Å². The first-order valence-corrected chi connectivity index (χ1v) is 9.72. The third kappa shape index (κ3) is 3.19. The van der Waals surface area contributed by atoms with Crippen LogP contribution in [0, 0.1) is 0 Å². The van der Waals surface area contributed by atoms with Gasteiger partial charge < -0.3 is 14.0 Å². The van der Waals surface area contributed by atoms with Crippen molar-refractivity contribution < 1.29 is 9.47 Å². The number of pyridine rings is 3. The lowest BCUT2D eigenvalue weighted by Gasteiger charge is -2.12. The molecule has 0 aliphatic carbocycles. The fourth-order valence-corrected chi connectivity index (χ4v) is 3.77. The summed E-state index contributed by atoms with van der Waals surface area (Å²) >= 11 is 0. The maximum absolute atomic E-state index is 13.1. The van der Waals surface area contributed by atoms with E-state index in [2.05, 4.69) is 20.2 Å². The van der Waals surface area contributed by atoms with E-state index in [-0.39, 0.29) is 29.8 Å². The van der Waals surface area contributed by atoms with Crippen LogP contribution in [-0.2, 0) is 22.6 Å². The van der Waals surface area contributed by atoms with E-state index in [1.165, 1.54) is 4.57 Å². The van der Waals surface area contributed by atoms with Crippen LogP contribution in [0.4, 0.5) is 0 Å². The Balaban J connectivity index is 1.62. The minimum Gasteiger partial charge on any atom is -0.377 e. The number of fused-ring (bicyclic) bond motifs is 2. The average molecular weight is 408 g/mol. The Bertz CT molecular complexity index is 1350. The molecule has 1 aliphatic rings. The number of hydrogen-bond donors (Lipinski definition) is 1. The first-order valence-electron chi connectivity index (χ1n) is 9.72. The summed E-state index contributed by atoms with van der Waals surface area (Å²) in [6.07, 6.45) is 5.29. The second-order valence-electron chi connectivity index (χ2n) is 7.27. The summed E-state index contributed by atoms with van der Waals surface area (Å²) in [7, 11) is 1.55. The summed E-state index contributed by atoms with van der Waals surface area (Å²) in [5.74, 6) is 0.714. The number of rotatable bonds is 5. The quantitative estimate of drug-likeness (QED) is 0.492. The average Bonchev–Trinajstić information content (AvgIpc) is 3.42. The molecular weight excluding hydrogens is 388 g/mol. The van der Waals surface area contributed by atoms with Crippen molar-refractivity contribution >= 4 is 21.8 Å². The van der Waals surface area contributed by atoms with Gasteiger partial charge in [-0.2, -0.15) is 4.98 Å². The van der Waals surface area contributed by atoms with Gasteiger partial charge in [0.25, 0.3) is 17.1 Å². The molecule has 5 rings (SSSR count). The molecule has 0 radical (unpaired) electrons. The SMILES string of the molecule is COCc1nc(-n2ccc3nc4ccn(C[C@H]5CCCO5)c(=O)c4cc3c2=O)n[nH]1. The van der Waals surface area contributed by atoms with Gasteiger partial charge in [-0.3, -0.25) is 14.7 Å². The van der Waals surface area contributed by atoms with Crippen LogP contribution in [0.25, 0.3) is 27.8 Å². The van der Waals surface area contributed by atoms with E-state index in [0.717, 1.165) is 19.4 Å². The maximum atomic E-state index is 13.1. The standard InChI is InChI=1S/C20H20N6O4/c1-29-11-17-22-20(24-23-17)26-7-5-16-14(19(26)28)9-13-15(21-16)4-6-25(18(13)27)10-12-3-2-8-30-12/h4-7,9,12H,2-3,8,10-11H2,1H3,(H,22,23,24)/t12-/m1/s1. The Morgan fingerprint density at radius 3 is 2.73 bits per heavy atom. The zero-order chi connectivity index (χ0) is 20.7. The van der Waals surface area contributed by atoms with Gasteiger partial charge in [-0.1, -0.05) is 0 Å². The van der Waals surface area contributed by atoms with E-state index < -0.39 is 0 Å². The molecule has 4 aromatic rings. The van der Waals surface area contributed by atoms with Crippen LogP contribution in [0.3, 0.4) is 0 Å². The summed E-state index contributed by atoms with van der Waals surface area (Å²) in [6, 6.07) is 5.11. The summed E-state index contributed by atoms with van der Waals surface area (Å²) in [5.41, 5.74) is 0.521. The van der Waals surface area contributed by atoms with Crippen LogP contribution < -0.4 is 11.1 Å². The van der Waals surface area contributed by atoms with E-state index in [1.54, 1.807) is 42.3 Å². The van der Waals surface area contributed by atoms with E-state index in [4.69, 9.17) is 9.47 Å². The number of methoxy groups -OCH3 is 1. The summed E-state index contributed by atoms with van der Waals surface area (Å²) in [5, 5.41) is 7.53. The van der Waals surface area contributed by atoms with E-state index >= 15 is 0 Å². The third-order valence-corrected chi connectivity index (χ3v) is 5.26. The van der Waals surface area contributed by atoms with Gasteiger partial charge >= 0.3 is 0 Å². The Morgan fingerprint density at radius 2 is 1.97 bits per heavy atom. The number of aromatic nitrogens is 6. The van der Waals surface area contributed by atoms with Gasteiger partial charge in [0.05, 0.1) is 34.5 Å². The van der Waals surface area contributed by atoms with Gasteiger partial charge in [-0.25, -0.2) is 9.55 Å². The molecule has 0 unspecified atom stereocenters. The third-order valence-electron chi connectivity index (χ3n) is 5.26. The molecule has 10 heteroatoms. The predicted molar refractivity (Wildman–Crippen MR) is 109 cm³/mol. The molecule has 1 N–H and O–H groups in total. The molecule has 0 saturated carbocycles. The number of ether oxygens (including phenoxy) is 2. The number of hydrogen-bond acceptors (Lipinski definition) is 7. The molecule has 0 bridgehead atoms. The molecule has 1 atom stereocenters. The minimum atomic E-state index is -0.348. The molecule has 5 heterocycles. The van der Waals surface area contributed by atoms with Crippen LogP contribution in [0.5, 0.6) is 0 Å². The Labute approximate surface area is 170 Å². The van der Waals surface area contributed by atoms with Crippen molar-refractivity contribution in [1.82, 2.24) is 29.3 Å². The molecule has 1 fully saturated rings. The highest BCUT2D eigenvalue weighted by Crippen LogP contribution is 2.17. The van der Waals surface area contributed by atoms with Crippen LogP contribution in [0.2, 0.25) is 0 Å². The highest BCUT2D eigenvalue weighted by molar-refractivity contribution is 5.91. The number of nitrogens with one attached hydrogen (secondary N) is 1. The van der Waals surface area contributed by atoms with E-state index in [9.17, 15) is 9.59 Å². The first kappa shape index (κ1) is 18.6. The molecule has 0 aromatic carbocycles. The van der Waals surface area contributed by atoms with Crippen molar-refractivity contribution in [2.75, 3.05) is 13.7 Å². The molecule has 0 amide bonds. The zero-order valence-electron chi connectivity index (χ0n) is 16.4. The largest absolute Gasteiger partial charge is 0.377 e. The summed E-state index contributed by atoms with van der Waals surface area (Å²) < 4.78 is 13.6. The van der Waals surface area contributed by atoms with E-state index in [1.807, 2.05) is 0 Å². The fourth-order valence-electron chi connectivity index (χ4n) is 3.77. The lowest BCUT2D eigenvalue weighted by atomic mass is 10.2. The molecule has 10 nitrogen and oxygen atoms in total. The van der Waals surface area contributed by atoms with Crippen LogP contribution in [-0.4, -0.2) is 49.1 Å². The van der Waals surface area contributed by atoms with Crippen molar-refractivity contribution in [3.8, 4) is 5.95 Å². The van der Waals surface area contributed by atoms with Crippen LogP contribution in [0.1, 0.15) is 18.7 Å². The Hall–Kier alpha value is -3.37. The predicted octanol–water partition coefficient (Wildman–Crippen LogP) is 1.14. The first-order chi connectivity index (χ1) is 14.6. The molecule has 1 saturated heterocycles. The molecular formula is C20H20N6O4. The zero-order valence-corrected chi connectivity index (χ0v) is 16.4. The Morgan fingerprint density at radius 1 is 1.17 bits per heavy atom. The second-order valence-corrected chi connectivity index (χ2v) is 7.27. The molecule has 4 aromatic heterocycles. The van der Waals surface area contributed by atoms with Crippen molar-refractivity contribution in [2.24, 2.45) is 0 Å². The van der Waals surface area contributed by atoms with E-state index in [0.29, 0.717) is 34.2 Å². The number of H-pyrrole nitrogens is 1. The molecule has 0 spiro atoms. The number of nitrogens with zero attached hydrogens (tertiary/aromatic N) is 5. The minimum absolute atomic E-state index is 0.0397. The van der Waals surface area contributed by atoms with Crippen LogP contribution >= 0.6 is 0 Å². The topological polar surface area (TPSA) is 117 Å². The van der Waals surface area contributed by atoms with Gasteiger partial charge in [0.2, 0.25) is 0 Å². The summed E-state index contributed by atoms with van der Waals surface area (Å²) in [4.78, 5) is 34.9. The second kappa shape index (κ2) is 7.47. The number of aromatic amines is 1. The van der Waals surface area contributed by atoms with Crippen molar-refractivity contribution in [1.29, 1.82) is 0 Å². The van der Waals surface area contributed by atoms with Crippen LogP contribution in [0.15, 0.2) is 40.2 Å². The lowest BCUT2D eigenvalue weighted by molar-refractivity contribution is 0.0963. The fraction of sp³-hybridized carbons (Fsp3) is 0.350. The lowest BCUT2D eigenvalue weighted by Crippen LogP contribution is -2.26. The Kier molecular flexibility index (Phi) is 4.64. The normalized spacial score (nSPS) is 16.6. The monoisotopic (exact) mass is 408 g/mol.